The van der Waals surface area contributed by atoms with Gasteiger partial charge in [0.15, 0.2) is 0 Å². The monoisotopic (exact) mass is 391 g/mol. The highest BCUT2D eigenvalue weighted by Gasteiger charge is 2.39. The van der Waals surface area contributed by atoms with Gasteiger partial charge in [0.25, 0.3) is 0 Å². The molecule has 0 bridgehead atoms. The molecule has 2 aliphatic heterocycles. The maximum Gasteiger partial charge on any atom is 0.232 e. The molecule has 0 saturated carbocycles. The summed E-state index contributed by atoms with van der Waals surface area (Å²) in [4.78, 5) is 29.1. The molecule has 2 aliphatic rings. The van der Waals surface area contributed by atoms with Gasteiger partial charge in [-0.15, -0.1) is 5.10 Å². The normalized spacial score (nSPS) is 18.4. The van der Waals surface area contributed by atoms with Crippen LogP contribution >= 0.6 is 0 Å². The van der Waals surface area contributed by atoms with Gasteiger partial charge in [0, 0.05) is 18.7 Å². The highest BCUT2D eigenvalue weighted by atomic mass is 19.1. The average Bonchev–Trinajstić information content (AvgIpc) is 3.29. The number of hydrogen-bond acceptors (Lipinski definition) is 4. The van der Waals surface area contributed by atoms with E-state index in [1.54, 1.807) is 34.0 Å². The number of amides is 2. The van der Waals surface area contributed by atoms with Gasteiger partial charge in [-0.25, -0.2) is 9.07 Å². The van der Waals surface area contributed by atoms with Gasteiger partial charge in [0.1, 0.15) is 5.82 Å². The van der Waals surface area contributed by atoms with E-state index in [0.29, 0.717) is 13.1 Å². The molecular formula is C21H18FN5O2. The van der Waals surface area contributed by atoms with Gasteiger partial charge >= 0.3 is 0 Å². The van der Waals surface area contributed by atoms with E-state index in [1.807, 2.05) is 24.3 Å². The molecule has 5 rings (SSSR count). The fraction of sp³-hybridized carbons (Fsp3) is 0.238. The van der Waals surface area contributed by atoms with Crippen molar-refractivity contribution in [1.82, 2.24) is 15.0 Å². The molecular weight excluding hydrogens is 373 g/mol. The largest absolute Gasteiger partial charge is 0.309 e. The fourth-order valence-electron chi connectivity index (χ4n) is 4.04. The number of fused-ring (bicyclic) bond motifs is 2. The van der Waals surface area contributed by atoms with Crippen LogP contribution in [-0.4, -0.2) is 33.4 Å². The Labute approximate surface area is 166 Å². The van der Waals surface area contributed by atoms with Crippen LogP contribution in [0.1, 0.15) is 17.7 Å². The minimum Gasteiger partial charge on any atom is -0.309 e. The lowest BCUT2D eigenvalue weighted by Crippen LogP contribution is -2.37. The molecule has 0 spiro atoms. The summed E-state index contributed by atoms with van der Waals surface area (Å²) in [5.41, 5.74) is 2.80. The maximum absolute atomic E-state index is 14.2. The summed E-state index contributed by atoms with van der Waals surface area (Å²) in [5.74, 6) is -1.41. The van der Waals surface area contributed by atoms with Gasteiger partial charge in [0.05, 0.1) is 36.6 Å². The van der Waals surface area contributed by atoms with Gasteiger partial charge < -0.3 is 9.80 Å². The molecule has 2 amide bonds. The van der Waals surface area contributed by atoms with Gasteiger partial charge in [-0.3, -0.25) is 9.59 Å². The summed E-state index contributed by atoms with van der Waals surface area (Å²) in [6.07, 6.45) is 1.71. The zero-order chi connectivity index (χ0) is 20.0. The van der Waals surface area contributed by atoms with Crippen molar-refractivity contribution in [1.29, 1.82) is 0 Å². The Morgan fingerprint density at radius 3 is 2.62 bits per heavy atom. The van der Waals surface area contributed by atoms with Crippen LogP contribution in [0.15, 0.2) is 54.7 Å². The number of rotatable bonds is 2. The van der Waals surface area contributed by atoms with Crippen molar-refractivity contribution < 1.29 is 14.0 Å². The van der Waals surface area contributed by atoms with Crippen molar-refractivity contribution in [3.05, 3.63) is 71.8 Å². The topological polar surface area (TPSA) is 71.3 Å². The first-order chi connectivity index (χ1) is 14.1. The van der Waals surface area contributed by atoms with Crippen LogP contribution in [0.2, 0.25) is 0 Å². The second-order valence-electron chi connectivity index (χ2n) is 7.29. The van der Waals surface area contributed by atoms with Crippen LogP contribution in [0.25, 0.3) is 0 Å². The summed E-state index contributed by atoms with van der Waals surface area (Å²) in [7, 11) is 0. The quantitative estimate of drug-likeness (QED) is 0.672. The number of benzene rings is 2. The van der Waals surface area contributed by atoms with E-state index in [2.05, 4.69) is 10.3 Å². The highest BCUT2D eigenvalue weighted by molar-refractivity contribution is 6.04. The van der Waals surface area contributed by atoms with Gasteiger partial charge in [0.2, 0.25) is 11.8 Å². The summed E-state index contributed by atoms with van der Waals surface area (Å²) in [6.45, 7) is 1.02. The molecule has 2 aromatic carbocycles. The number of para-hydroxylation sites is 2. The molecule has 1 fully saturated rings. The predicted molar refractivity (Wildman–Crippen MR) is 104 cm³/mol. The third-order valence-corrected chi connectivity index (χ3v) is 5.50. The van der Waals surface area contributed by atoms with Crippen LogP contribution in [0.5, 0.6) is 0 Å². The molecule has 0 N–H and O–H groups in total. The maximum atomic E-state index is 14.2. The first-order valence-electron chi connectivity index (χ1n) is 9.43. The molecule has 29 heavy (non-hydrogen) atoms. The van der Waals surface area contributed by atoms with Crippen molar-refractivity contribution in [2.75, 3.05) is 16.3 Å². The van der Waals surface area contributed by atoms with Crippen LogP contribution in [0, 0.1) is 11.7 Å². The van der Waals surface area contributed by atoms with Crippen molar-refractivity contribution >= 4 is 23.2 Å². The lowest BCUT2D eigenvalue weighted by atomic mass is 10.1. The molecule has 0 aliphatic carbocycles. The Balaban J connectivity index is 1.46. The first kappa shape index (κ1) is 17.5. The number of anilines is 2. The third-order valence-electron chi connectivity index (χ3n) is 5.50. The van der Waals surface area contributed by atoms with Crippen molar-refractivity contribution in [3.63, 3.8) is 0 Å². The summed E-state index contributed by atoms with van der Waals surface area (Å²) in [6, 6.07) is 13.8. The van der Waals surface area contributed by atoms with E-state index in [-0.39, 0.29) is 30.5 Å². The molecule has 8 heteroatoms. The summed E-state index contributed by atoms with van der Waals surface area (Å²) in [5, 5.41) is 8.06. The number of halogens is 1. The standard InChI is InChI=1S/C21H18FN5O2/c22-17-6-2-4-8-19(17)25-11-15(9-20(25)28)21(29)26-13-16-10-23-24-27(16)12-14-5-1-3-7-18(14)26/h1-8,10,15H,9,11-13H2. The van der Waals surface area contributed by atoms with E-state index in [9.17, 15) is 14.0 Å². The number of carbonyl (C=O) groups is 2. The zero-order valence-electron chi connectivity index (χ0n) is 15.5. The van der Waals surface area contributed by atoms with Crippen LogP contribution in [-0.2, 0) is 22.7 Å². The van der Waals surface area contributed by atoms with Crippen molar-refractivity contribution in [3.8, 4) is 0 Å². The molecule has 1 saturated heterocycles. The van der Waals surface area contributed by atoms with Crippen molar-refractivity contribution in [2.45, 2.75) is 19.5 Å². The Morgan fingerprint density at radius 1 is 1.03 bits per heavy atom. The Morgan fingerprint density at radius 2 is 1.79 bits per heavy atom. The first-order valence-corrected chi connectivity index (χ1v) is 9.43. The molecule has 1 aromatic heterocycles. The van der Waals surface area contributed by atoms with E-state index in [0.717, 1.165) is 16.9 Å². The Kier molecular flexibility index (Phi) is 4.12. The number of aromatic nitrogens is 3. The third kappa shape index (κ3) is 2.97. The lowest BCUT2D eigenvalue weighted by Gasteiger charge is -2.25. The molecule has 3 aromatic rings. The zero-order valence-corrected chi connectivity index (χ0v) is 15.5. The van der Waals surface area contributed by atoms with Crippen LogP contribution < -0.4 is 9.80 Å². The Hall–Kier alpha value is -3.55. The second-order valence-corrected chi connectivity index (χ2v) is 7.29. The van der Waals surface area contributed by atoms with E-state index >= 15 is 0 Å². The summed E-state index contributed by atoms with van der Waals surface area (Å²) >= 11 is 0. The SMILES string of the molecule is O=C1CC(C(=O)N2Cc3cnnn3Cc3ccccc32)CN1c1ccccc1F. The summed E-state index contributed by atoms with van der Waals surface area (Å²) < 4.78 is 15.9. The lowest BCUT2D eigenvalue weighted by molar-refractivity contribution is -0.124. The van der Waals surface area contributed by atoms with Crippen LogP contribution in [0.3, 0.4) is 0 Å². The van der Waals surface area contributed by atoms with E-state index < -0.39 is 11.7 Å². The molecule has 1 unspecified atom stereocenters. The number of nitrogens with zero attached hydrogens (tertiary/aromatic N) is 5. The second kappa shape index (κ2) is 6.80. The molecule has 3 heterocycles. The highest BCUT2D eigenvalue weighted by Crippen LogP contribution is 2.32. The Bertz CT molecular complexity index is 1110. The fourth-order valence-corrected chi connectivity index (χ4v) is 4.04. The molecule has 7 nitrogen and oxygen atoms in total. The van der Waals surface area contributed by atoms with E-state index in [1.165, 1.54) is 11.0 Å². The molecule has 0 radical (unpaired) electrons. The minimum atomic E-state index is -0.544. The molecule has 146 valence electrons. The van der Waals surface area contributed by atoms with Gasteiger partial charge in [-0.2, -0.15) is 0 Å². The van der Waals surface area contributed by atoms with Gasteiger partial charge in [-0.05, 0) is 23.8 Å². The van der Waals surface area contributed by atoms with Crippen molar-refractivity contribution in [2.24, 2.45) is 5.92 Å². The minimum absolute atomic E-state index is 0.0589. The van der Waals surface area contributed by atoms with Gasteiger partial charge in [-0.1, -0.05) is 35.5 Å². The predicted octanol–water partition coefficient (Wildman–Crippen LogP) is 2.37. The smallest absolute Gasteiger partial charge is 0.232 e. The number of hydrogen-bond donors (Lipinski definition) is 0. The van der Waals surface area contributed by atoms with E-state index in [4.69, 9.17) is 0 Å². The molecule has 1 atom stereocenters. The number of carbonyl (C=O) groups excluding carboxylic acids is 2. The average molecular weight is 391 g/mol. The van der Waals surface area contributed by atoms with Crippen LogP contribution in [0.4, 0.5) is 15.8 Å².